The summed E-state index contributed by atoms with van der Waals surface area (Å²) in [5.41, 5.74) is 10.1. The molecular formula is C15H17NO. The maximum absolute atomic E-state index is 5.93. The van der Waals surface area contributed by atoms with Gasteiger partial charge in [-0.05, 0) is 37.6 Å². The zero-order valence-corrected chi connectivity index (χ0v) is 10.2. The summed E-state index contributed by atoms with van der Waals surface area (Å²) in [4.78, 5) is 0. The first kappa shape index (κ1) is 11.5. The molecule has 0 heterocycles. The second-order valence-electron chi connectivity index (χ2n) is 4.30. The molecule has 0 amide bonds. The predicted molar refractivity (Wildman–Crippen MR) is 71.1 cm³/mol. The van der Waals surface area contributed by atoms with E-state index >= 15 is 0 Å². The van der Waals surface area contributed by atoms with Gasteiger partial charge in [-0.3, -0.25) is 0 Å². The molecule has 0 unspecified atom stereocenters. The average molecular weight is 227 g/mol. The normalized spacial score (nSPS) is 10.2. The van der Waals surface area contributed by atoms with Crippen LogP contribution < -0.4 is 10.5 Å². The van der Waals surface area contributed by atoms with E-state index in [1.165, 1.54) is 11.1 Å². The smallest absolute Gasteiger partial charge is 0.119 e. The van der Waals surface area contributed by atoms with Crippen molar-refractivity contribution in [2.24, 2.45) is 0 Å². The fraction of sp³-hybridized carbons (Fsp3) is 0.200. The van der Waals surface area contributed by atoms with E-state index in [1.54, 1.807) is 0 Å². The van der Waals surface area contributed by atoms with Gasteiger partial charge in [0, 0.05) is 11.3 Å². The largest absolute Gasteiger partial charge is 0.489 e. The Morgan fingerprint density at radius 2 is 1.59 bits per heavy atom. The molecule has 0 radical (unpaired) electrons. The Kier molecular flexibility index (Phi) is 3.33. The van der Waals surface area contributed by atoms with Crippen LogP contribution >= 0.6 is 0 Å². The van der Waals surface area contributed by atoms with Crippen molar-refractivity contribution in [3.63, 3.8) is 0 Å². The van der Waals surface area contributed by atoms with Crippen LogP contribution in [-0.4, -0.2) is 0 Å². The summed E-state index contributed by atoms with van der Waals surface area (Å²) in [6, 6.07) is 14.0. The summed E-state index contributed by atoms with van der Waals surface area (Å²) >= 11 is 0. The van der Waals surface area contributed by atoms with E-state index in [-0.39, 0.29) is 0 Å². The molecule has 0 fully saturated rings. The molecule has 0 saturated heterocycles. The molecular weight excluding hydrogens is 210 g/mol. The van der Waals surface area contributed by atoms with E-state index in [0.29, 0.717) is 6.61 Å². The lowest BCUT2D eigenvalue weighted by molar-refractivity contribution is 0.307. The van der Waals surface area contributed by atoms with Crippen LogP contribution in [0.15, 0.2) is 42.5 Å². The van der Waals surface area contributed by atoms with Crippen molar-refractivity contribution in [3.8, 4) is 5.75 Å². The second-order valence-corrected chi connectivity index (χ2v) is 4.30. The molecule has 0 bridgehead atoms. The van der Waals surface area contributed by atoms with Gasteiger partial charge in [-0.2, -0.15) is 0 Å². The van der Waals surface area contributed by atoms with Crippen molar-refractivity contribution < 1.29 is 4.74 Å². The van der Waals surface area contributed by atoms with Gasteiger partial charge in [0.05, 0.1) is 0 Å². The summed E-state index contributed by atoms with van der Waals surface area (Å²) in [6.45, 7) is 4.60. The van der Waals surface area contributed by atoms with E-state index in [0.717, 1.165) is 17.0 Å². The molecule has 88 valence electrons. The van der Waals surface area contributed by atoms with Crippen LogP contribution in [0.5, 0.6) is 5.75 Å². The van der Waals surface area contributed by atoms with E-state index in [4.69, 9.17) is 10.5 Å². The van der Waals surface area contributed by atoms with Gasteiger partial charge in [0.2, 0.25) is 0 Å². The van der Waals surface area contributed by atoms with Crippen LogP contribution in [0.4, 0.5) is 5.69 Å². The minimum Gasteiger partial charge on any atom is -0.489 e. The van der Waals surface area contributed by atoms with Crippen LogP contribution in [0, 0.1) is 13.8 Å². The van der Waals surface area contributed by atoms with Gasteiger partial charge in [-0.15, -0.1) is 0 Å². The number of rotatable bonds is 3. The molecule has 2 aromatic carbocycles. The molecule has 2 nitrogen and oxygen atoms in total. The summed E-state index contributed by atoms with van der Waals surface area (Å²) in [5, 5.41) is 0. The maximum atomic E-state index is 5.93. The summed E-state index contributed by atoms with van der Waals surface area (Å²) in [6.07, 6.45) is 0. The quantitative estimate of drug-likeness (QED) is 0.815. The molecule has 0 aliphatic heterocycles. The fourth-order valence-electron chi connectivity index (χ4n) is 1.64. The van der Waals surface area contributed by atoms with E-state index in [1.807, 2.05) is 49.4 Å². The highest BCUT2D eigenvalue weighted by atomic mass is 16.5. The highest BCUT2D eigenvalue weighted by Gasteiger charge is 2.00. The number of hydrogen-bond acceptors (Lipinski definition) is 2. The van der Waals surface area contributed by atoms with Crippen LogP contribution in [0.25, 0.3) is 0 Å². The number of ether oxygens (including phenoxy) is 1. The van der Waals surface area contributed by atoms with Gasteiger partial charge in [0.25, 0.3) is 0 Å². The minimum atomic E-state index is 0.509. The first-order chi connectivity index (χ1) is 8.15. The molecule has 2 heteroatoms. The Labute approximate surface area is 102 Å². The van der Waals surface area contributed by atoms with Crippen molar-refractivity contribution in [3.05, 3.63) is 59.2 Å². The van der Waals surface area contributed by atoms with Gasteiger partial charge < -0.3 is 10.5 Å². The molecule has 0 aromatic heterocycles. The van der Waals surface area contributed by atoms with Gasteiger partial charge >= 0.3 is 0 Å². The number of nitrogens with two attached hydrogens (primary N) is 1. The monoisotopic (exact) mass is 227 g/mol. The number of anilines is 1. The zero-order chi connectivity index (χ0) is 12.3. The Balaban J connectivity index is 2.04. The predicted octanol–water partition coefficient (Wildman–Crippen LogP) is 3.46. The molecule has 0 saturated carbocycles. The van der Waals surface area contributed by atoms with Crippen molar-refractivity contribution in [1.82, 2.24) is 0 Å². The van der Waals surface area contributed by atoms with Gasteiger partial charge in [-0.25, -0.2) is 0 Å². The zero-order valence-electron chi connectivity index (χ0n) is 10.2. The lowest BCUT2D eigenvalue weighted by Gasteiger charge is -2.09. The average Bonchev–Trinajstić information content (AvgIpc) is 2.30. The number of benzene rings is 2. The number of aryl methyl sites for hydroxylation is 2. The van der Waals surface area contributed by atoms with Crippen LogP contribution in [0.2, 0.25) is 0 Å². The lowest BCUT2D eigenvalue weighted by atomic mass is 10.1. The van der Waals surface area contributed by atoms with Crippen LogP contribution in [0.3, 0.4) is 0 Å². The van der Waals surface area contributed by atoms with Crippen molar-refractivity contribution in [1.29, 1.82) is 0 Å². The van der Waals surface area contributed by atoms with Crippen molar-refractivity contribution in [2.75, 3.05) is 5.73 Å². The standard InChI is InChI=1S/C15H17NO/c1-11-4-7-14(8-5-11)17-10-13-6-3-12(2)9-15(13)16/h3-9H,10,16H2,1-2H3. The minimum absolute atomic E-state index is 0.509. The summed E-state index contributed by atoms with van der Waals surface area (Å²) in [7, 11) is 0. The molecule has 2 rings (SSSR count). The molecule has 0 aliphatic carbocycles. The molecule has 0 atom stereocenters. The van der Waals surface area contributed by atoms with E-state index < -0.39 is 0 Å². The van der Waals surface area contributed by atoms with E-state index in [2.05, 4.69) is 6.92 Å². The molecule has 0 aliphatic rings. The Bertz CT molecular complexity index is 503. The van der Waals surface area contributed by atoms with Gasteiger partial charge in [0.15, 0.2) is 0 Å². The van der Waals surface area contributed by atoms with Crippen molar-refractivity contribution in [2.45, 2.75) is 20.5 Å². The molecule has 2 N–H and O–H groups in total. The SMILES string of the molecule is Cc1ccc(OCc2ccc(C)cc2N)cc1. The highest BCUT2D eigenvalue weighted by Crippen LogP contribution is 2.18. The van der Waals surface area contributed by atoms with Crippen LogP contribution in [-0.2, 0) is 6.61 Å². The van der Waals surface area contributed by atoms with Crippen LogP contribution in [0.1, 0.15) is 16.7 Å². The summed E-state index contributed by atoms with van der Waals surface area (Å²) in [5.74, 6) is 0.871. The summed E-state index contributed by atoms with van der Waals surface area (Å²) < 4.78 is 5.69. The Hall–Kier alpha value is -1.96. The molecule has 17 heavy (non-hydrogen) atoms. The molecule has 2 aromatic rings. The molecule has 0 spiro atoms. The third kappa shape index (κ3) is 3.00. The number of nitrogen functional groups attached to an aromatic ring is 1. The third-order valence-corrected chi connectivity index (χ3v) is 2.72. The van der Waals surface area contributed by atoms with Gasteiger partial charge in [-0.1, -0.05) is 29.8 Å². The number of hydrogen-bond donors (Lipinski definition) is 1. The maximum Gasteiger partial charge on any atom is 0.119 e. The second kappa shape index (κ2) is 4.91. The first-order valence-corrected chi connectivity index (χ1v) is 5.69. The van der Waals surface area contributed by atoms with E-state index in [9.17, 15) is 0 Å². The van der Waals surface area contributed by atoms with Crippen molar-refractivity contribution >= 4 is 5.69 Å². The topological polar surface area (TPSA) is 35.2 Å². The third-order valence-electron chi connectivity index (χ3n) is 2.72. The Morgan fingerprint density at radius 1 is 0.941 bits per heavy atom. The first-order valence-electron chi connectivity index (χ1n) is 5.69. The highest BCUT2D eigenvalue weighted by molar-refractivity contribution is 5.48. The lowest BCUT2D eigenvalue weighted by Crippen LogP contribution is -2.00. The Morgan fingerprint density at radius 3 is 2.24 bits per heavy atom. The fourth-order valence-corrected chi connectivity index (χ4v) is 1.64. The van der Waals surface area contributed by atoms with Gasteiger partial charge in [0.1, 0.15) is 12.4 Å².